The molecule has 0 saturated carbocycles. The van der Waals surface area contributed by atoms with Crippen molar-refractivity contribution in [1.29, 1.82) is 0 Å². The molecular formula is C18H16O2S. The molecule has 0 spiro atoms. The van der Waals surface area contributed by atoms with E-state index in [9.17, 15) is 4.79 Å². The zero-order valence-corrected chi connectivity index (χ0v) is 12.7. The molecule has 3 rings (SSSR count). The number of esters is 1. The number of rotatable bonds is 4. The SMILES string of the molecule is CCOC(=O)Cc1cscc1-c1cccc2ccccc12. The van der Waals surface area contributed by atoms with Crippen LogP contribution >= 0.6 is 11.3 Å². The Balaban J connectivity index is 2.04. The Labute approximate surface area is 128 Å². The topological polar surface area (TPSA) is 26.3 Å². The van der Waals surface area contributed by atoms with Gasteiger partial charge < -0.3 is 4.74 Å². The lowest BCUT2D eigenvalue weighted by Crippen LogP contribution is -2.07. The Kier molecular flexibility index (Phi) is 4.02. The first kappa shape index (κ1) is 13.8. The molecule has 0 aliphatic heterocycles. The molecule has 1 heterocycles. The van der Waals surface area contributed by atoms with Crippen LogP contribution in [0.25, 0.3) is 21.9 Å². The summed E-state index contributed by atoms with van der Waals surface area (Å²) in [4.78, 5) is 11.7. The van der Waals surface area contributed by atoms with Crippen molar-refractivity contribution in [2.24, 2.45) is 0 Å². The lowest BCUT2D eigenvalue weighted by Gasteiger charge is -2.08. The number of thiophene rings is 1. The van der Waals surface area contributed by atoms with E-state index in [4.69, 9.17) is 4.74 Å². The van der Waals surface area contributed by atoms with Crippen LogP contribution in [0.1, 0.15) is 12.5 Å². The average molecular weight is 296 g/mol. The molecule has 0 aliphatic rings. The van der Waals surface area contributed by atoms with Crippen LogP contribution in [0.4, 0.5) is 0 Å². The predicted octanol–water partition coefficient (Wildman–Crippen LogP) is 4.67. The highest BCUT2D eigenvalue weighted by Gasteiger charge is 2.13. The van der Waals surface area contributed by atoms with E-state index < -0.39 is 0 Å². The van der Waals surface area contributed by atoms with Gasteiger partial charge in [0.2, 0.25) is 0 Å². The minimum Gasteiger partial charge on any atom is -0.466 e. The fourth-order valence-corrected chi connectivity index (χ4v) is 3.38. The van der Waals surface area contributed by atoms with Crippen LogP contribution in [0.2, 0.25) is 0 Å². The first-order chi connectivity index (χ1) is 10.3. The summed E-state index contributed by atoms with van der Waals surface area (Å²) in [7, 11) is 0. The van der Waals surface area contributed by atoms with Gasteiger partial charge in [0.05, 0.1) is 13.0 Å². The third-order valence-corrected chi connectivity index (χ3v) is 4.25. The lowest BCUT2D eigenvalue weighted by molar-refractivity contribution is -0.142. The maximum atomic E-state index is 11.7. The van der Waals surface area contributed by atoms with Crippen molar-refractivity contribution in [3.63, 3.8) is 0 Å². The van der Waals surface area contributed by atoms with Crippen LogP contribution in [0.5, 0.6) is 0 Å². The minimum atomic E-state index is -0.169. The number of benzene rings is 2. The first-order valence-corrected chi connectivity index (χ1v) is 7.92. The van der Waals surface area contributed by atoms with E-state index in [0.29, 0.717) is 13.0 Å². The van der Waals surface area contributed by atoms with E-state index in [1.807, 2.05) is 24.4 Å². The van der Waals surface area contributed by atoms with Crippen molar-refractivity contribution in [2.45, 2.75) is 13.3 Å². The number of hydrogen-bond donors (Lipinski definition) is 0. The van der Waals surface area contributed by atoms with Gasteiger partial charge in [0.25, 0.3) is 0 Å². The van der Waals surface area contributed by atoms with Crippen molar-refractivity contribution >= 4 is 28.1 Å². The van der Waals surface area contributed by atoms with E-state index in [1.54, 1.807) is 11.3 Å². The number of fused-ring (bicyclic) bond motifs is 1. The van der Waals surface area contributed by atoms with Crippen LogP contribution in [-0.4, -0.2) is 12.6 Å². The van der Waals surface area contributed by atoms with Gasteiger partial charge in [-0.15, -0.1) is 0 Å². The smallest absolute Gasteiger partial charge is 0.310 e. The van der Waals surface area contributed by atoms with Crippen molar-refractivity contribution in [1.82, 2.24) is 0 Å². The second-order valence-electron chi connectivity index (χ2n) is 4.82. The molecule has 3 heteroatoms. The summed E-state index contributed by atoms with van der Waals surface area (Å²) in [5.41, 5.74) is 3.34. The van der Waals surface area contributed by atoms with Crippen LogP contribution in [0.15, 0.2) is 53.2 Å². The Morgan fingerprint density at radius 3 is 2.71 bits per heavy atom. The zero-order valence-electron chi connectivity index (χ0n) is 11.8. The molecule has 0 saturated heterocycles. The molecule has 3 aromatic rings. The second kappa shape index (κ2) is 6.10. The van der Waals surface area contributed by atoms with Gasteiger partial charge in [0.1, 0.15) is 0 Å². The van der Waals surface area contributed by atoms with Gasteiger partial charge in [-0.1, -0.05) is 42.5 Å². The fourth-order valence-electron chi connectivity index (χ4n) is 2.52. The molecule has 0 fully saturated rings. The largest absolute Gasteiger partial charge is 0.466 e. The zero-order chi connectivity index (χ0) is 14.7. The maximum absolute atomic E-state index is 11.7. The molecule has 0 amide bonds. The van der Waals surface area contributed by atoms with E-state index in [-0.39, 0.29) is 5.97 Å². The normalized spacial score (nSPS) is 10.7. The molecule has 0 atom stereocenters. The van der Waals surface area contributed by atoms with Gasteiger partial charge in [-0.3, -0.25) is 4.79 Å². The molecule has 0 unspecified atom stereocenters. The second-order valence-corrected chi connectivity index (χ2v) is 5.56. The predicted molar refractivity (Wildman–Crippen MR) is 87.6 cm³/mol. The van der Waals surface area contributed by atoms with Crippen LogP contribution in [-0.2, 0) is 16.0 Å². The summed E-state index contributed by atoms with van der Waals surface area (Å²) < 4.78 is 5.06. The van der Waals surface area contributed by atoms with Gasteiger partial charge in [-0.05, 0) is 45.1 Å². The minimum absolute atomic E-state index is 0.169. The summed E-state index contributed by atoms with van der Waals surface area (Å²) >= 11 is 1.62. The number of carbonyl (C=O) groups is 1. The molecule has 106 valence electrons. The van der Waals surface area contributed by atoms with Crippen LogP contribution in [0, 0.1) is 0 Å². The van der Waals surface area contributed by atoms with Gasteiger partial charge in [-0.25, -0.2) is 0 Å². The van der Waals surface area contributed by atoms with Crippen molar-refractivity contribution < 1.29 is 9.53 Å². The third kappa shape index (κ3) is 2.83. The Hall–Kier alpha value is -2.13. The standard InChI is InChI=1S/C18H16O2S/c1-2-20-18(19)10-14-11-21-12-17(14)16-9-5-7-13-6-3-4-8-15(13)16/h3-9,11-12H,2,10H2,1H3. The van der Waals surface area contributed by atoms with E-state index in [1.165, 1.54) is 16.3 Å². The monoisotopic (exact) mass is 296 g/mol. The molecule has 0 radical (unpaired) electrons. The van der Waals surface area contributed by atoms with Crippen molar-refractivity contribution in [3.8, 4) is 11.1 Å². The number of carbonyl (C=O) groups excluding carboxylic acids is 1. The summed E-state index contributed by atoms with van der Waals surface area (Å²) in [6.07, 6.45) is 0.329. The summed E-state index contributed by atoms with van der Waals surface area (Å²) in [6, 6.07) is 14.6. The summed E-state index contributed by atoms with van der Waals surface area (Å²) in [5, 5.41) is 6.57. The van der Waals surface area contributed by atoms with Crippen molar-refractivity contribution in [2.75, 3.05) is 6.61 Å². The molecule has 0 bridgehead atoms. The van der Waals surface area contributed by atoms with Crippen LogP contribution in [0.3, 0.4) is 0 Å². The Morgan fingerprint density at radius 1 is 1.05 bits per heavy atom. The Bertz CT molecular complexity index is 768. The van der Waals surface area contributed by atoms with E-state index in [2.05, 4.69) is 35.7 Å². The number of hydrogen-bond acceptors (Lipinski definition) is 3. The molecule has 0 N–H and O–H groups in total. The highest BCUT2D eigenvalue weighted by Crippen LogP contribution is 2.33. The molecule has 1 aromatic heterocycles. The summed E-state index contributed by atoms with van der Waals surface area (Å²) in [5.74, 6) is -0.169. The summed E-state index contributed by atoms with van der Waals surface area (Å²) in [6.45, 7) is 2.25. The fraction of sp³-hybridized carbons (Fsp3) is 0.167. The molecule has 2 aromatic carbocycles. The van der Waals surface area contributed by atoms with Gasteiger partial charge >= 0.3 is 5.97 Å². The first-order valence-electron chi connectivity index (χ1n) is 6.98. The number of ether oxygens (including phenoxy) is 1. The maximum Gasteiger partial charge on any atom is 0.310 e. The van der Waals surface area contributed by atoms with Gasteiger partial charge in [-0.2, -0.15) is 11.3 Å². The van der Waals surface area contributed by atoms with E-state index >= 15 is 0 Å². The third-order valence-electron chi connectivity index (χ3n) is 3.46. The molecular weight excluding hydrogens is 280 g/mol. The van der Waals surface area contributed by atoms with Gasteiger partial charge in [0, 0.05) is 0 Å². The van der Waals surface area contributed by atoms with E-state index in [0.717, 1.165) is 11.1 Å². The highest BCUT2D eigenvalue weighted by atomic mass is 32.1. The average Bonchev–Trinajstić information content (AvgIpc) is 2.95. The highest BCUT2D eigenvalue weighted by molar-refractivity contribution is 7.08. The molecule has 2 nitrogen and oxygen atoms in total. The lowest BCUT2D eigenvalue weighted by atomic mass is 9.97. The van der Waals surface area contributed by atoms with Crippen LogP contribution < -0.4 is 0 Å². The molecule has 0 aliphatic carbocycles. The quantitative estimate of drug-likeness (QED) is 0.654. The Morgan fingerprint density at radius 2 is 1.86 bits per heavy atom. The van der Waals surface area contributed by atoms with Crippen molar-refractivity contribution in [3.05, 3.63) is 58.8 Å². The van der Waals surface area contributed by atoms with Gasteiger partial charge in [0.15, 0.2) is 0 Å². The molecule has 21 heavy (non-hydrogen) atoms.